The first kappa shape index (κ1) is 16.5. The normalized spacial score (nSPS) is 17.1. The number of amides is 2. The molecule has 2 rings (SSSR count). The van der Waals surface area contributed by atoms with Crippen LogP contribution in [-0.2, 0) is 25.8 Å². The maximum absolute atomic E-state index is 12.0. The van der Waals surface area contributed by atoms with Crippen LogP contribution in [0.15, 0.2) is 18.2 Å². The van der Waals surface area contributed by atoms with Gasteiger partial charge in [-0.05, 0) is 37.5 Å². The molecule has 0 bridgehead atoms. The van der Waals surface area contributed by atoms with Gasteiger partial charge in [-0.2, -0.15) is 0 Å². The lowest BCUT2D eigenvalue weighted by Crippen LogP contribution is -2.38. The molecular formula is C15H20N2O4S. The van der Waals surface area contributed by atoms with Crippen molar-refractivity contribution in [2.24, 2.45) is 0 Å². The van der Waals surface area contributed by atoms with E-state index in [1.807, 2.05) is 18.2 Å². The minimum atomic E-state index is -3.41. The number of hydrogen-bond acceptors (Lipinski definition) is 4. The lowest BCUT2D eigenvalue weighted by atomic mass is 9.98. The molecule has 0 fully saturated rings. The molecule has 0 radical (unpaired) electrons. The summed E-state index contributed by atoms with van der Waals surface area (Å²) >= 11 is 0. The Balaban J connectivity index is 2.12. The number of sulfone groups is 1. The largest absolute Gasteiger partial charge is 0.348 e. The highest BCUT2D eigenvalue weighted by Gasteiger charge is 2.25. The molecule has 2 amide bonds. The molecule has 1 aromatic rings. The van der Waals surface area contributed by atoms with Gasteiger partial charge in [0.25, 0.3) is 0 Å². The zero-order valence-corrected chi connectivity index (χ0v) is 13.7. The minimum absolute atomic E-state index is 0.00331. The van der Waals surface area contributed by atoms with Gasteiger partial charge in [-0.3, -0.25) is 9.59 Å². The predicted molar refractivity (Wildman–Crippen MR) is 84.3 cm³/mol. The summed E-state index contributed by atoms with van der Waals surface area (Å²) < 4.78 is 22.8. The molecule has 0 saturated heterocycles. The molecule has 0 aromatic heterocycles. The first-order valence-corrected chi connectivity index (χ1v) is 9.06. The molecule has 2 atom stereocenters. The van der Waals surface area contributed by atoms with E-state index in [2.05, 4.69) is 10.6 Å². The number of carbonyl (C=O) groups excluding carboxylic acids is 2. The van der Waals surface area contributed by atoms with Crippen molar-refractivity contribution >= 4 is 27.3 Å². The molecule has 6 nitrogen and oxygen atoms in total. The molecular weight excluding hydrogens is 304 g/mol. The fourth-order valence-electron chi connectivity index (χ4n) is 2.28. The van der Waals surface area contributed by atoms with Gasteiger partial charge in [0.1, 0.15) is 5.25 Å². The van der Waals surface area contributed by atoms with Crippen LogP contribution >= 0.6 is 0 Å². The van der Waals surface area contributed by atoms with E-state index in [0.717, 1.165) is 23.1 Å². The van der Waals surface area contributed by atoms with E-state index >= 15 is 0 Å². The third-order valence-corrected chi connectivity index (χ3v) is 5.39. The molecule has 7 heteroatoms. The van der Waals surface area contributed by atoms with E-state index in [1.54, 1.807) is 6.92 Å². The van der Waals surface area contributed by atoms with E-state index in [1.165, 1.54) is 6.92 Å². The molecule has 1 heterocycles. The van der Waals surface area contributed by atoms with Crippen molar-refractivity contribution in [3.05, 3.63) is 29.3 Å². The zero-order valence-electron chi connectivity index (χ0n) is 12.8. The average Bonchev–Trinajstić information content (AvgIpc) is 2.44. The van der Waals surface area contributed by atoms with Gasteiger partial charge in [-0.1, -0.05) is 12.1 Å². The van der Waals surface area contributed by atoms with Crippen LogP contribution in [0, 0.1) is 0 Å². The van der Waals surface area contributed by atoms with Gasteiger partial charge in [0.15, 0.2) is 9.84 Å². The molecule has 0 aliphatic carbocycles. The first-order chi connectivity index (χ1) is 10.2. The Morgan fingerprint density at radius 2 is 1.95 bits per heavy atom. The number of carbonyl (C=O) groups is 2. The summed E-state index contributed by atoms with van der Waals surface area (Å²) in [7, 11) is -3.41. The summed E-state index contributed by atoms with van der Waals surface area (Å²) in [5.41, 5.74) is 2.70. The monoisotopic (exact) mass is 324 g/mol. The van der Waals surface area contributed by atoms with E-state index in [4.69, 9.17) is 0 Å². The number of benzene rings is 1. The first-order valence-electron chi connectivity index (χ1n) is 7.10. The van der Waals surface area contributed by atoms with Crippen molar-refractivity contribution in [1.82, 2.24) is 5.32 Å². The molecule has 0 spiro atoms. The van der Waals surface area contributed by atoms with E-state index in [9.17, 15) is 18.0 Å². The molecule has 0 unspecified atom stereocenters. The third-order valence-electron chi connectivity index (χ3n) is 3.90. The van der Waals surface area contributed by atoms with Crippen molar-refractivity contribution in [3.8, 4) is 0 Å². The average molecular weight is 324 g/mol. The Morgan fingerprint density at radius 1 is 1.27 bits per heavy atom. The molecule has 2 N–H and O–H groups in total. The van der Waals surface area contributed by atoms with Crippen molar-refractivity contribution in [3.63, 3.8) is 0 Å². The Bertz CT molecular complexity index is 712. The molecule has 1 aliphatic rings. The van der Waals surface area contributed by atoms with Gasteiger partial charge < -0.3 is 10.6 Å². The van der Waals surface area contributed by atoms with Gasteiger partial charge in [0.2, 0.25) is 11.8 Å². The van der Waals surface area contributed by atoms with Gasteiger partial charge in [-0.25, -0.2) is 8.42 Å². The summed E-state index contributed by atoms with van der Waals surface area (Å²) in [6, 6.07) is 5.26. The third kappa shape index (κ3) is 3.65. The van der Waals surface area contributed by atoms with Crippen LogP contribution in [0.3, 0.4) is 0 Å². The highest BCUT2D eigenvalue weighted by atomic mass is 32.2. The summed E-state index contributed by atoms with van der Waals surface area (Å²) in [6.45, 7) is 3.18. The topological polar surface area (TPSA) is 92.3 Å². The standard InChI is InChI=1S/C15H20N2O4S/c1-9(16-15(19)10(2)22(3,20)21)11-4-6-13-12(8-11)5-7-14(18)17-13/h4,6,8-10H,5,7H2,1-3H3,(H,16,19)(H,17,18)/t9-,10+/m1/s1. The second kappa shape index (κ2) is 6.08. The number of fused-ring (bicyclic) bond motifs is 1. The van der Waals surface area contributed by atoms with Crippen molar-refractivity contribution in [2.75, 3.05) is 11.6 Å². The maximum Gasteiger partial charge on any atom is 0.238 e. The number of hydrogen-bond donors (Lipinski definition) is 2. The summed E-state index contributed by atoms with van der Waals surface area (Å²) in [5.74, 6) is -0.510. The summed E-state index contributed by atoms with van der Waals surface area (Å²) in [4.78, 5) is 23.3. The molecule has 1 aromatic carbocycles. The predicted octanol–water partition coefficient (Wildman–Crippen LogP) is 1.18. The van der Waals surface area contributed by atoms with Gasteiger partial charge in [0.05, 0.1) is 6.04 Å². The number of rotatable bonds is 4. The lowest BCUT2D eigenvalue weighted by Gasteiger charge is -2.21. The van der Waals surface area contributed by atoms with Crippen LogP contribution in [0.4, 0.5) is 5.69 Å². The second-order valence-corrected chi connectivity index (χ2v) is 8.03. The zero-order chi connectivity index (χ0) is 16.5. The van der Waals surface area contributed by atoms with Crippen LogP contribution in [-0.4, -0.2) is 31.7 Å². The van der Waals surface area contributed by atoms with Crippen LogP contribution < -0.4 is 10.6 Å². The van der Waals surface area contributed by atoms with Gasteiger partial charge in [0, 0.05) is 18.4 Å². The minimum Gasteiger partial charge on any atom is -0.348 e. The van der Waals surface area contributed by atoms with Crippen LogP contribution in [0.25, 0.3) is 0 Å². The van der Waals surface area contributed by atoms with Crippen molar-refractivity contribution < 1.29 is 18.0 Å². The Hall–Kier alpha value is -1.89. The van der Waals surface area contributed by atoms with Gasteiger partial charge >= 0.3 is 0 Å². The number of nitrogens with one attached hydrogen (secondary N) is 2. The highest BCUT2D eigenvalue weighted by molar-refractivity contribution is 7.92. The van der Waals surface area contributed by atoms with Gasteiger partial charge in [-0.15, -0.1) is 0 Å². The Morgan fingerprint density at radius 3 is 2.59 bits per heavy atom. The van der Waals surface area contributed by atoms with Crippen LogP contribution in [0.1, 0.15) is 37.4 Å². The maximum atomic E-state index is 12.0. The fourth-order valence-corrected chi connectivity index (χ4v) is 2.74. The fraction of sp³-hybridized carbons (Fsp3) is 0.467. The van der Waals surface area contributed by atoms with Crippen molar-refractivity contribution in [1.29, 1.82) is 0 Å². The lowest BCUT2D eigenvalue weighted by molar-refractivity contribution is -0.121. The highest BCUT2D eigenvalue weighted by Crippen LogP contribution is 2.26. The van der Waals surface area contributed by atoms with Crippen LogP contribution in [0.5, 0.6) is 0 Å². The SMILES string of the molecule is C[C@@H](NC(=O)[C@H](C)S(C)(=O)=O)c1ccc2c(c1)CCC(=O)N2. The Labute approximate surface area is 130 Å². The quantitative estimate of drug-likeness (QED) is 0.870. The molecule has 0 saturated carbocycles. The molecule has 22 heavy (non-hydrogen) atoms. The van der Waals surface area contributed by atoms with Crippen molar-refractivity contribution in [2.45, 2.75) is 38.0 Å². The Kier molecular flexibility index (Phi) is 4.55. The summed E-state index contributed by atoms with van der Waals surface area (Å²) in [6.07, 6.45) is 2.15. The van der Waals surface area contributed by atoms with E-state index < -0.39 is 21.0 Å². The van der Waals surface area contributed by atoms with E-state index in [-0.39, 0.29) is 11.9 Å². The van der Waals surface area contributed by atoms with Crippen LogP contribution in [0.2, 0.25) is 0 Å². The van der Waals surface area contributed by atoms with E-state index in [0.29, 0.717) is 12.8 Å². The molecule has 1 aliphatic heterocycles. The smallest absolute Gasteiger partial charge is 0.238 e. The molecule has 120 valence electrons. The number of anilines is 1. The second-order valence-electron chi connectivity index (χ2n) is 5.67. The summed E-state index contributed by atoms with van der Waals surface area (Å²) in [5, 5.41) is 4.43. The number of aryl methyl sites for hydroxylation is 1.